The number of rotatable bonds is 4. The first-order valence-electron chi connectivity index (χ1n) is 10.2. The van der Waals surface area contributed by atoms with Crippen molar-refractivity contribution in [1.82, 2.24) is 24.7 Å². The quantitative estimate of drug-likeness (QED) is 0.686. The summed E-state index contributed by atoms with van der Waals surface area (Å²) in [6.07, 6.45) is 6.40. The molecular formula is C21H26FN7O. The summed E-state index contributed by atoms with van der Waals surface area (Å²) < 4.78 is 15.7. The summed E-state index contributed by atoms with van der Waals surface area (Å²) in [4.78, 5) is 27.4. The van der Waals surface area contributed by atoms with Crippen molar-refractivity contribution in [3.63, 3.8) is 0 Å². The number of halogens is 1. The van der Waals surface area contributed by atoms with Crippen LogP contribution < -0.4 is 15.5 Å². The molecule has 1 saturated heterocycles. The van der Waals surface area contributed by atoms with Crippen molar-refractivity contribution in [1.29, 1.82) is 0 Å². The van der Waals surface area contributed by atoms with E-state index in [2.05, 4.69) is 30.5 Å². The van der Waals surface area contributed by atoms with Gasteiger partial charge in [0.15, 0.2) is 11.5 Å². The number of aromatic nitrogens is 4. The highest BCUT2D eigenvalue weighted by Gasteiger charge is 2.55. The van der Waals surface area contributed by atoms with Crippen LogP contribution in [0.25, 0.3) is 5.65 Å². The number of nitrogens with one attached hydrogen (secondary N) is 2. The Balaban J connectivity index is 0.00000106. The largest absolute Gasteiger partial charge is 0.355 e. The molecule has 8 nitrogen and oxygen atoms in total. The number of piperidine rings is 1. The topological polar surface area (TPSA) is 87.5 Å². The highest BCUT2D eigenvalue weighted by atomic mass is 19.1. The number of aryl methyl sites for hydroxylation is 1. The van der Waals surface area contributed by atoms with Crippen LogP contribution in [0.5, 0.6) is 0 Å². The molecule has 2 N–H and O–H groups in total. The lowest BCUT2D eigenvalue weighted by Crippen LogP contribution is -2.30. The van der Waals surface area contributed by atoms with Crippen LogP contribution in [0, 0.1) is 24.6 Å². The summed E-state index contributed by atoms with van der Waals surface area (Å²) in [6.45, 7) is 7.70. The fourth-order valence-electron chi connectivity index (χ4n) is 4.19. The zero-order valence-electron chi connectivity index (χ0n) is 17.6. The lowest BCUT2D eigenvalue weighted by molar-refractivity contribution is 0.102. The SMILES string of the molecule is CC.CNC1C2CN(c3cnc(C(=O)Nc4cc(F)c5nc(C)cn5c4)cn3)CC21. The number of carbonyl (C=O) groups is 1. The lowest BCUT2D eigenvalue weighted by Gasteiger charge is -2.20. The Hall–Kier alpha value is -3.07. The molecule has 2 unspecified atom stereocenters. The first kappa shape index (κ1) is 20.2. The van der Waals surface area contributed by atoms with Crippen molar-refractivity contribution in [3.8, 4) is 0 Å². The third kappa shape index (κ3) is 3.60. The van der Waals surface area contributed by atoms with Crippen LogP contribution in [0.1, 0.15) is 30.0 Å². The molecule has 0 spiro atoms. The molecular weight excluding hydrogens is 385 g/mol. The second-order valence-corrected chi connectivity index (χ2v) is 7.45. The van der Waals surface area contributed by atoms with Crippen molar-refractivity contribution in [2.24, 2.45) is 11.8 Å². The van der Waals surface area contributed by atoms with Crippen LogP contribution >= 0.6 is 0 Å². The number of pyridine rings is 1. The van der Waals surface area contributed by atoms with E-state index in [4.69, 9.17) is 0 Å². The highest BCUT2D eigenvalue weighted by molar-refractivity contribution is 6.02. The van der Waals surface area contributed by atoms with E-state index in [1.165, 1.54) is 12.3 Å². The zero-order valence-corrected chi connectivity index (χ0v) is 17.6. The van der Waals surface area contributed by atoms with Crippen LogP contribution in [-0.2, 0) is 0 Å². The summed E-state index contributed by atoms with van der Waals surface area (Å²) in [5.74, 6) is 1.19. The Labute approximate surface area is 174 Å². The number of anilines is 2. The van der Waals surface area contributed by atoms with E-state index in [1.54, 1.807) is 29.9 Å². The smallest absolute Gasteiger partial charge is 0.275 e. The molecule has 4 heterocycles. The first-order chi connectivity index (χ1) is 14.5. The van der Waals surface area contributed by atoms with Gasteiger partial charge in [0, 0.05) is 37.6 Å². The van der Waals surface area contributed by atoms with Crippen molar-refractivity contribution < 1.29 is 9.18 Å². The van der Waals surface area contributed by atoms with Gasteiger partial charge in [-0.05, 0) is 25.8 Å². The van der Waals surface area contributed by atoms with Crippen LogP contribution in [-0.4, -0.2) is 51.4 Å². The van der Waals surface area contributed by atoms with Gasteiger partial charge in [0.05, 0.1) is 23.8 Å². The fourth-order valence-corrected chi connectivity index (χ4v) is 4.19. The van der Waals surface area contributed by atoms with Gasteiger partial charge in [-0.1, -0.05) is 13.8 Å². The van der Waals surface area contributed by atoms with Crippen molar-refractivity contribution in [2.45, 2.75) is 26.8 Å². The van der Waals surface area contributed by atoms with Gasteiger partial charge in [-0.3, -0.25) is 4.79 Å². The van der Waals surface area contributed by atoms with Gasteiger partial charge >= 0.3 is 0 Å². The van der Waals surface area contributed by atoms with Gasteiger partial charge in [-0.2, -0.15) is 0 Å². The molecule has 1 aliphatic heterocycles. The fraction of sp³-hybridized carbons (Fsp3) is 0.429. The van der Waals surface area contributed by atoms with Crippen LogP contribution in [0.2, 0.25) is 0 Å². The third-order valence-electron chi connectivity index (χ3n) is 5.61. The molecule has 3 aromatic rings. The molecule has 1 amide bonds. The number of imidazole rings is 1. The molecule has 30 heavy (non-hydrogen) atoms. The van der Waals surface area contributed by atoms with E-state index in [1.807, 2.05) is 20.9 Å². The van der Waals surface area contributed by atoms with Gasteiger partial charge in [0.2, 0.25) is 0 Å². The summed E-state index contributed by atoms with van der Waals surface area (Å²) in [6, 6.07) is 1.86. The van der Waals surface area contributed by atoms with E-state index in [-0.39, 0.29) is 11.3 Å². The average molecular weight is 411 g/mol. The molecule has 9 heteroatoms. The molecule has 5 rings (SSSR count). The lowest BCUT2D eigenvalue weighted by atomic mass is 10.3. The van der Waals surface area contributed by atoms with Crippen molar-refractivity contribution in [2.75, 3.05) is 30.4 Å². The minimum atomic E-state index is -0.500. The monoisotopic (exact) mass is 411 g/mol. The number of amides is 1. The predicted molar refractivity (Wildman–Crippen MR) is 113 cm³/mol. The van der Waals surface area contributed by atoms with Gasteiger partial charge in [-0.15, -0.1) is 0 Å². The number of hydrogen-bond acceptors (Lipinski definition) is 6. The number of carbonyl (C=O) groups excluding carboxylic acids is 1. The van der Waals surface area contributed by atoms with E-state index in [9.17, 15) is 9.18 Å². The molecule has 2 atom stereocenters. The molecule has 0 bridgehead atoms. The maximum atomic E-state index is 14.2. The van der Waals surface area contributed by atoms with E-state index < -0.39 is 11.7 Å². The van der Waals surface area contributed by atoms with Crippen LogP contribution in [0.15, 0.2) is 30.9 Å². The minimum absolute atomic E-state index is 0.184. The summed E-state index contributed by atoms with van der Waals surface area (Å²) in [7, 11) is 2.00. The van der Waals surface area contributed by atoms with Crippen molar-refractivity contribution in [3.05, 3.63) is 48.1 Å². The minimum Gasteiger partial charge on any atom is -0.355 e. The molecule has 3 aromatic heterocycles. The van der Waals surface area contributed by atoms with Gasteiger partial charge in [0.25, 0.3) is 5.91 Å². The molecule has 2 aliphatic rings. The second-order valence-electron chi connectivity index (χ2n) is 7.45. The number of fused-ring (bicyclic) bond motifs is 2. The molecule has 158 valence electrons. The highest BCUT2D eigenvalue weighted by Crippen LogP contribution is 2.46. The maximum Gasteiger partial charge on any atom is 0.275 e. The second kappa shape index (κ2) is 7.98. The average Bonchev–Trinajstić information content (AvgIpc) is 3.04. The van der Waals surface area contributed by atoms with E-state index >= 15 is 0 Å². The number of hydrogen-bond donors (Lipinski definition) is 2. The standard InChI is InChI=1S/C19H20FN7O.C2H6/c1-10-6-27-7-11(3-14(20)18(27)24-10)25-19(28)15-4-23-16(5-22-15)26-8-12-13(9-26)17(12)21-2;1-2/h3-7,12-13,17,21H,8-9H2,1-2H3,(H,25,28);1-2H3. The van der Waals surface area contributed by atoms with E-state index in [0.29, 0.717) is 29.3 Å². The Kier molecular flexibility index (Phi) is 5.38. The van der Waals surface area contributed by atoms with Gasteiger partial charge in [-0.25, -0.2) is 19.3 Å². The Morgan fingerprint density at radius 2 is 1.90 bits per heavy atom. The van der Waals surface area contributed by atoms with Gasteiger partial charge < -0.3 is 19.9 Å². The first-order valence-corrected chi connectivity index (χ1v) is 10.2. The number of nitrogens with zero attached hydrogens (tertiary/aromatic N) is 5. The van der Waals surface area contributed by atoms with Crippen LogP contribution in [0.3, 0.4) is 0 Å². The Morgan fingerprint density at radius 1 is 1.17 bits per heavy atom. The third-order valence-corrected chi connectivity index (χ3v) is 5.61. The zero-order chi connectivity index (χ0) is 21.4. The molecule has 0 radical (unpaired) electrons. The van der Waals surface area contributed by atoms with Crippen molar-refractivity contribution >= 4 is 23.1 Å². The summed E-state index contributed by atoms with van der Waals surface area (Å²) in [5, 5.41) is 5.99. The Bertz CT molecular complexity index is 1050. The van der Waals surface area contributed by atoms with E-state index in [0.717, 1.165) is 18.9 Å². The molecule has 1 aliphatic carbocycles. The van der Waals surface area contributed by atoms with Gasteiger partial charge in [0.1, 0.15) is 11.5 Å². The molecule has 1 saturated carbocycles. The normalized spacial score (nSPS) is 21.8. The maximum absolute atomic E-state index is 14.2. The summed E-state index contributed by atoms with van der Waals surface area (Å²) in [5.41, 5.74) is 1.44. The molecule has 0 aromatic carbocycles. The molecule has 2 fully saturated rings. The predicted octanol–water partition coefficient (Wildman–Crippen LogP) is 2.50. The van der Waals surface area contributed by atoms with Crippen LogP contribution in [0.4, 0.5) is 15.9 Å². The summed E-state index contributed by atoms with van der Waals surface area (Å²) >= 11 is 0. The Morgan fingerprint density at radius 3 is 2.53 bits per heavy atom.